The van der Waals surface area contributed by atoms with Crippen molar-refractivity contribution in [2.75, 3.05) is 0 Å². The quantitative estimate of drug-likeness (QED) is 0.652. The standard InChI is InChI=1S/C8H13N3O4S/c1-2-3-6(8(12)13)11-16(14,15)7-4-9-5-10-7/h4-6,11H,2-3H2,1H3,(H,9,10)(H,12,13)/t6-/m0/s1. The number of imidazole rings is 1. The number of aliphatic carboxylic acids is 1. The largest absolute Gasteiger partial charge is 0.480 e. The number of aromatic amines is 1. The fourth-order valence-electron chi connectivity index (χ4n) is 1.16. The van der Waals surface area contributed by atoms with Crippen LogP contribution in [0.25, 0.3) is 0 Å². The molecule has 0 bridgehead atoms. The molecule has 0 radical (unpaired) electrons. The third kappa shape index (κ3) is 3.04. The van der Waals surface area contributed by atoms with E-state index in [2.05, 4.69) is 14.7 Å². The average molecular weight is 247 g/mol. The van der Waals surface area contributed by atoms with Crippen LogP contribution in [0.15, 0.2) is 17.6 Å². The maximum absolute atomic E-state index is 11.6. The molecule has 8 heteroatoms. The Labute approximate surface area is 93.0 Å². The van der Waals surface area contributed by atoms with E-state index >= 15 is 0 Å². The number of hydrogen-bond donors (Lipinski definition) is 3. The Morgan fingerprint density at radius 1 is 1.69 bits per heavy atom. The highest BCUT2D eigenvalue weighted by Gasteiger charge is 2.25. The van der Waals surface area contributed by atoms with Crippen molar-refractivity contribution in [3.8, 4) is 0 Å². The highest BCUT2D eigenvalue weighted by molar-refractivity contribution is 7.89. The second-order valence-corrected chi connectivity index (χ2v) is 4.90. The van der Waals surface area contributed by atoms with Gasteiger partial charge in [0, 0.05) is 0 Å². The van der Waals surface area contributed by atoms with Gasteiger partial charge in [0.2, 0.25) is 0 Å². The lowest BCUT2D eigenvalue weighted by molar-refractivity contribution is -0.139. The minimum atomic E-state index is -3.83. The summed E-state index contributed by atoms with van der Waals surface area (Å²) in [6.07, 6.45) is 3.14. The van der Waals surface area contributed by atoms with Gasteiger partial charge in [-0.15, -0.1) is 0 Å². The zero-order chi connectivity index (χ0) is 12.2. The van der Waals surface area contributed by atoms with E-state index in [0.29, 0.717) is 6.42 Å². The minimum absolute atomic E-state index is 0.144. The molecule has 0 fully saturated rings. The van der Waals surface area contributed by atoms with Gasteiger partial charge in [-0.25, -0.2) is 13.4 Å². The van der Waals surface area contributed by atoms with Crippen molar-refractivity contribution in [3.05, 3.63) is 12.5 Å². The smallest absolute Gasteiger partial charge is 0.321 e. The van der Waals surface area contributed by atoms with Crippen LogP contribution in [0, 0.1) is 0 Å². The van der Waals surface area contributed by atoms with Gasteiger partial charge in [-0.1, -0.05) is 13.3 Å². The first-order chi connectivity index (χ1) is 7.47. The summed E-state index contributed by atoms with van der Waals surface area (Å²) in [7, 11) is -3.83. The summed E-state index contributed by atoms with van der Waals surface area (Å²) in [6, 6.07) is -1.11. The Kier molecular flexibility index (Phi) is 4.02. The summed E-state index contributed by atoms with van der Waals surface area (Å²) < 4.78 is 25.4. The van der Waals surface area contributed by atoms with Crippen molar-refractivity contribution in [2.24, 2.45) is 0 Å². The predicted octanol–water partition coefficient (Wildman–Crippen LogP) is -0.0587. The average Bonchev–Trinajstić information content (AvgIpc) is 2.69. The van der Waals surface area contributed by atoms with Gasteiger partial charge >= 0.3 is 5.97 Å². The molecule has 1 aromatic heterocycles. The fraction of sp³-hybridized carbons (Fsp3) is 0.500. The summed E-state index contributed by atoms with van der Waals surface area (Å²) in [6.45, 7) is 1.78. The van der Waals surface area contributed by atoms with Crippen LogP contribution >= 0.6 is 0 Å². The van der Waals surface area contributed by atoms with Crippen LogP contribution in [0.1, 0.15) is 19.8 Å². The van der Waals surface area contributed by atoms with E-state index in [1.165, 1.54) is 6.33 Å². The predicted molar refractivity (Wildman–Crippen MR) is 55.2 cm³/mol. The maximum Gasteiger partial charge on any atom is 0.321 e. The van der Waals surface area contributed by atoms with Gasteiger partial charge < -0.3 is 10.1 Å². The highest BCUT2D eigenvalue weighted by atomic mass is 32.2. The van der Waals surface area contributed by atoms with Crippen LogP contribution in [0.3, 0.4) is 0 Å². The van der Waals surface area contributed by atoms with Gasteiger partial charge in [0.05, 0.1) is 12.5 Å². The van der Waals surface area contributed by atoms with Crippen LogP contribution in [-0.4, -0.2) is 35.5 Å². The Bertz CT molecular complexity index is 440. The number of aromatic nitrogens is 2. The SMILES string of the molecule is CCC[C@H](NS(=O)(=O)c1cnc[nH]1)C(=O)O. The number of H-pyrrole nitrogens is 1. The lowest BCUT2D eigenvalue weighted by Gasteiger charge is -2.12. The second-order valence-electron chi connectivity index (χ2n) is 3.22. The normalized spacial score (nSPS) is 13.6. The van der Waals surface area contributed by atoms with Gasteiger partial charge in [0.15, 0.2) is 5.03 Å². The minimum Gasteiger partial charge on any atom is -0.480 e. The summed E-state index contributed by atoms with van der Waals surface area (Å²) in [5.41, 5.74) is 0. The molecule has 0 spiro atoms. The molecule has 0 aliphatic rings. The van der Waals surface area contributed by atoms with Crippen LogP contribution < -0.4 is 4.72 Å². The number of nitrogens with one attached hydrogen (secondary N) is 2. The molecule has 7 nitrogen and oxygen atoms in total. The third-order valence-corrected chi connectivity index (χ3v) is 3.33. The van der Waals surface area contributed by atoms with E-state index in [-0.39, 0.29) is 11.4 Å². The number of carboxylic acid groups (broad SMARTS) is 1. The number of rotatable bonds is 6. The second kappa shape index (κ2) is 5.08. The number of carbonyl (C=O) groups is 1. The summed E-state index contributed by atoms with van der Waals surface area (Å²) in [5.74, 6) is -1.19. The Morgan fingerprint density at radius 3 is 2.81 bits per heavy atom. The molecular weight excluding hydrogens is 234 g/mol. The number of nitrogens with zero attached hydrogens (tertiary/aromatic N) is 1. The van der Waals surface area contributed by atoms with Gasteiger partial charge in [0.1, 0.15) is 6.04 Å². The van der Waals surface area contributed by atoms with Crippen molar-refractivity contribution in [2.45, 2.75) is 30.8 Å². The third-order valence-electron chi connectivity index (χ3n) is 1.94. The lowest BCUT2D eigenvalue weighted by atomic mass is 10.2. The number of hydrogen-bond acceptors (Lipinski definition) is 4. The summed E-state index contributed by atoms with van der Waals surface area (Å²) in [4.78, 5) is 16.8. The molecule has 1 aromatic rings. The van der Waals surface area contributed by atoms with Crippen molar-refractivity contribution in [1.82, 2.24) is 14.7 Å². The van der Waals surface area contributed by atoms with E-state index in [0.717, 1.165) is 6.20 Å². The zero-order valence-corrected chi connectivity index (χ0v) is 9.49. The van der Waals surface area contributed by atoms with Crippen molar-refractivity contribution in [1.29, 1.82) is 0 Å². The Balaban J connectivity index is 2.82. The molecule has 0 saturated heterocycles. The lowest BCUT2D eigenvalue weighted by Crippen LogP contribution is -2.40. The molecule has 0 aromatic carbocycles. The molecule has 3 N–H and O–H groups in total. The molecule has 0 saturated carbocycles. The van der Waals surface area contributed by atoms with Crippen molar-refractivity contribution >= 4 is 16.0 Å². The fourth-order valence-corrected chi connectivity index (χ4v) is 2.29. The topological polar surface area (TPSA) is 112 Å². The maximum atomic E-state index is 11.6. The van der Waals surface area contributed by atoms with E-state index in [9.17, 15) is 13.2 Å². The molecule has 1 rings (SSSR count). The van der Waals surface area contributed by atoms with Gasteiger partial charge in [-0.3, -0.25) is 4.79 Å². The van der Waals surface area contributed by atoms with Crippen molar-refractivity contribution < 1.29 is 18.3 Å². The van der Waals surface area contributed by atoms with Crippen LogP contribution in [0.4, 0.5) is 0 Å². The zero-order valence-electron chi connectivity index (χ0n) is 8.67. The summed E-state index contributed by atoms with van der Waals surface area (Å²) >= 11 is 0. The van der Waals surface area contributed by atoms with Gasteiger partial charge in [0.25, 0.3) is 10.0 Å². The summed E-state index contributed by atoms with van der Waals surface area (Å²) in [5, 5.41) is 8.67. The number of sulfonamides is 1. The highest BCUT2D eigenvalue weighted by Crippen LogP contribution is 2.06. The molecule has 0 amide bonds. The first-order valence-electron chi connectivity index (χ1n) is 4.71. The molecule has 1 heterocycles. The van der Waals surface area contributed by atoms with Gasteiger partial charge in [-0.05, 0) is 6.42 Å². The first-order valence-corrected chi connectivity index (χ1v) is 6.19. The molecule has 0 aliphatic carbocycles. The van der Waals surface area contributed by atoms with E-state index in [1.54, 1.807) is 6.92 Å². The van der Waals surface area contributed by atoms with Crippen molar-refractivity contribution in [3.63, 3.8) is 0 Å². The van der Waals surface area contributed by atoms with E-state index in [4.69, 9.17) is 5.11 Å². The Hall–Kier alpha value is -1.41. The van der Waals surface area contributed by atoms with Crippen LogP contribution in [-0.2, 0) is 14.8 Å². The molecule has 0 unspecified atom stereocenters. The number of carboxylic acids is 1. The molecule has 90 valence electrons. The molecular formula is C8H13N3O4S. The molecule has 0 aliphatic heterocycles. The monoisotopic (exact) mass is 247 g/mol. The molecule has 1 atom stereocenters. The van der Waals surface area contributed by atoms with E-state index < -0.39 is 22.0 Å². The first kappa shape index (κ1) is 12.7. The van der Waals surface area contributed by atoms with E-state index in [1.807, 2.05) is 0 Å². The van der Waals surface area contributed by atoms with Gasteiger partial charge in [-0.2, -0.15) is 4.72 Å². The Morgan fingerprint density at radius 2 is 2.38 bits per heavy atom. The van der Waals surface area contributed by atoms with Crippen LogP contribution in [0.5, 0.6) is 0 Å². The van der Waals surface area contributed by atoms with Crippen LogP contribution in [0.2, 0.25) is 0 Å². The molecule has 16 heavy (non-hydrogen) atoms.